The van der Waals surface area contributed by atoms with Crippen molar-refractivity contribution in [2.24, 2.45) is 11.7 Å². The van der Waals surface area contributed by atoms with Crippen LogP contribution < -0.4 is 5.73 Å². The molecule has 0 bridgehead atoms. The lowest BCUT2D eigenvalue weighted by Crippen LogP contribution is -2.39. The zero-order chi connectivity index (χ0) is 13.9. The van der Waals surface area contributed by atoms with E-state index in [0.29, 0.717) is 19.1 Å². The summed E-state index contributed by atoms with van der Waals surface area (Å²) in [7, 11) is 2.10. The predicted molar refractivity (Wildman–Crippen MR) is 79.0 cm³/mol. The highest BCUT2D eigenvalue weighted by molar-refractivity contribution is 5.55. The van der Waals surface area contributed by atoms with Crippen molar-refractivity contribution in [2.45, 2.75) is 25.4 Å². The average molecular weight is 271 g/mol. The van der Waals surface area contributed by atoms with Gasteiger partial charge in [0.2, 0.25) is 5.89 Å². The van der Waals surface area contributed by atoms with Crippen LogP contribution in [0.5, 0.6) is 0 Å². The van der Waals surface area contributed by atoms with E-state index in [2.05, 4.69) is 16.9 Å². The molecule has 1 aromatic carbocycles. The molecule has 0 spiro atoms. The van der Waals surface area contributed by atoms with Gasteiger partial charge in [0.15, 0.2) is 5.76 Å². The molecule has 1 heterocycles. The topological polar surface area (TPSA) is 55.3 Å². The molecule has 4 heteroatoms. The number of likely N-dealkylation sites (N-methyl/N-ethyl adjacent to an activating group) is 1. The zero-order valence-electron chi connectivity index (χ0n) is 11.8. The molecule has 2 aromatic rings. The van der Waals surface area contributed by atoms with Gasteiger partial charge in [0.05, 0.1) is 12.7 Å². The van der Waals surface area contributed by atoms with Crippen LogP contribution in [0.2, 0.25) is 0 Å². The van der Waals surface area contributed by atoms with Crippen LogP contribution in [0, 0.1) is 5.92 Å². The second kappa shape index (κ2) is 5.77. The lowest BCUT2D eigenvalue weighted by atomic mass is 10.1. The zero-order valence-corrected chi connectivity index (χ0v) is 11.8. The Morgan fingerprint density at radius 1 is 1.35 bits per heavy atom. The van der Waals surface area contributed by atoms with E-state index < -0.39 is 0 Å². The van der Waals surface area contributed by atoms with E-state index >= 15 is 0 Å². The van der Waals surface area contributed by atoms with Crippen molar-refractivity contribution in [1.82, 2.24) is 9.88 Å². The van der Waals surface area contributed by atoms with E-state index in [1.165, 1.54) is 12.8 Å². The van der Waals surface area contributed by atoms with Gasteiger partial charge in [0, 0.05) is 18.2 Å². The molecule has 106 valence electrons. The molecule has 1 fully saturated rings. The molecule has 1 aromatic heterocycles. The summed E-state index contributed by atoms with van der Waals surface area (Å²) >= 11 is 0. The van der Waals surface area contributed by atoms with Gasteiger partial charge in [-0.25, -0.2) is 4.98 Å². The van der Waals surface area contributed by atoms with Gasteiger partial charge in [-0.3, -0.25) is 4.90 Å². The maximum atomic E-state index is 5.87. The first-order valence-electron chi connectivity index (χ1n) is 7.18. The standard InChI is InChI=1S/C16H21N3O/c1-19(14(9-17)12-7-8-12)11-16-18-10-15(20-16)13-5-3-2-4-6-13/h2-6,10,12,14H,7-9,11,17H2,1H3. The second-order valence-electron chi connectivity index (χ2n) is 5.54. The Morgan fingerprint density at radius 3 is 2.75 bits per heavy atom. The van der Waals surface area contributed by atoms with Crippen LogP contribution in [-0.4, -0.2) is 29.5 Å². The highest BCUT2D eigenvalue weighted by Crippen LogP contribution is 2.35. The average Bonchev–Trinajstić information content (AvgIpc) is 3.19. The molecule has 1 atom stereocenters. The van der Waals surface area contributed by atoms with Crippen molar-refractivity contribution in [2.75, 3.05) is 13.6 Å². The third-order valence-corrected chi connectivity index (χ3v) is 3.97. The van der Waals surface area contributed by atoms with Gasteiger partial charge in [-0.2, -0.15) is 0 Å². The van der Waals surface area contributed by atoms with Gasteiger partial charge in [0.25, 0.3) is 0 Å². The van der Waals surface area contributed by atoms with Crippen molar-refractivity contribution in [1.29, 1.82) is 0 Å². The number of hydrogen-bond donors (Lipinski definition) is 1. The van der Waals surface area contributed by atoms with E-state index in [-0.39, 0.29) is 0 Å². The smallest absolute Gasteiger partial charge is 0.209 e. The Labute approximate surface area is 119 Å². The van der Waals surface area contributed by atoms with Gasteiger partial charge < -0.3 is 10.2 Å². The van der Waals surface area contributed by atoms with Crippen molar-refractivity contribution >= 4 is 0 Å². The van der Waals surface area contributed by atoms with Crippen molar-refractivity contribution in [3.8, 4) is 11.3 Å². The SMILES string of the molecule is CN(Cc1ncc(-c2ccccc2)o1)C(CN)C1CC1. The molecule has 1 unspecified atom stereocenters. The number of oxazole rings is 1. The Bertz CT molecular complexity index is 548. The van der Waals surface area contributed by atoms with Crippen LogP contribution in [0.1, 0.15) is 18.7 Å². The van der Waals surface area contributed by atoms with Crippen LogP contribution >= 0.6 is 0 Å². The summed E-state index contributed by atoms with van der Waals surface area (Å²) in [6.07, 6.45) is 4.40. The monoisotopic (exact) mass is 271 g/mol. The van der Waals surface area contributed by atoms with Gasteiger partial charge in [-0.15, -0.1) is 0 Å². The highest BCUT2D eigenvalue weighted by atomic mass is 16.4. The van der Waals surface area contributed by atoms with Crippen LogP contribution in [0.4, 0.5) is 0 Å². The summed E-state index contributed by atoms with van der Waals surface area (Å²) in [5.74, 6) is 2.34. The first-order chi connectivity index (χ1) is 9.78. The summed E-state index contributed by atoms with van der Waals surface area (Å²) in [5, 5.41) is 0. The fourth-order valence-corrected chi connectivity index (χ4v) is 2.66. The predicted octanol–water partition coefficient (Wildman–Crippen LogP) is 2.51. The van der Waals surface area contributed by atoms with E-state index in [9.17, 15) is 0 Å². The Hall–Kier alpha value is -1.65. The molecule has 1 saturated carbocycles. The summed E-state index contributed by atoms with van der Waals surface area (Å²) < 4.78 is 5.84. The van der Waals surface area contributed by atoms with E-state index in [1.54, 1.807) is 6.20 Å². The molecule has 0 radical (unpaired) electrons. The van der Waals surface area contributed by atoms with Gasteiger partial charge in [-0.1, -0.05) is 30.3 Å². The highest BCUT2D eigenvalue weighted by Gasteiger charge is 2.33. The fraction of sp³-hybridized carbons (Fsp3) is 0.438. The van der Waals surface area contributed by atoms with Gasteiger partial charge in [0.1, 0.15) is 0 Å². The normalized spacial score (nSPS) is 16.6. The van der Waals surface area contributed by atoms with Crippen LogP contribution in [0.3, 0.4) is 0 Å². The molecule has 4 nitrogen and oxygen atoms in total. The third-order valence-electron chi connectivity index (χ3n) is 3.97. The molecule has 0 aliphatic heterocycles. The maximum absolute atomic E-state index is 5.87. The lowest BCUT2D eigenvalue weighted by Gasteiger charge is -2.25. The van der Waals surface area contributed by atoms with Crippen molar-refractivity contribution in [3.63, 3.8) is 0 Å². The number of rotatable bonds is 6. The van der Waals surface area contributed by atoms with E-state index in [1.807, 2.05) is 30.3 Å². The minimum absolute atomic E-state index is 0.446. The molecular formula is C16H21N3O. The quantitative estimate of drug-likeness (QED) is 0.877. The minimum atomic E-state index is 0.446. The van der Waals surface area contributed by atoms with Crippen molar-refractivity contribution < 1.29 is 4.42 Å². The number of benzene rings is 1. The van der Waals surface area contributed by atoms with Crippen LogP contribution in [-0.2, 0) is 6.54 Å². The molecule has 3 rings (SSSR count). The van der Waals surface area contributed by atoms with E-state index in [0.717, 1.165) is 23.1 Å². The van der Waals surface area contributed by atoms with Gasteiger partial charge >= 0.3 is 0 Å². The molecule has 1 aliphatic carbocycles. The molecule has 0 amide bonds. The number of nitrogens with zero attached hydrogens (tertiary/aromatic N) is 2. The minimum Gasteiger partial charge on any atom is -0.439 e. The Balaban J connectivity index is 1.68. The molecular weight excluding hydrogens is 250 g/mol. The number of aromatic nitrogens is 1. The van der Waals surface area contributed by atoms with Gasteiger partial charge in [-0.05, 0) is 25.8 Å². The molecule has 20 heavy (non-hydrogen) atoms. The summed E-state index contributed by atoms with van der Waals surface area (Å²) in [6.45, 7) is 1.42. The third kappa shape index (κ3) is 2.92. The maximum Gasteiger partial charge on any atom is 0.209 e. The first kappa shape index (κ1) is 13.3. The fourth-order valence-electron chi connectivity index (χ4n) is 2.66. The summed E-state index contributed by atoms with van der Waals surface area (Å²) in [6, 6.07) is 10.5. The van der Waals surface area contributed by atoms with Crippen LogP contribution in [0.25, 0.3) is 11.3 Å². The second-order valence-corrected chi connectivity index (χ2v) is 5.54. The summed E-state index contributed by atoms with van der Waals surface area (Å²) in [5.41, 5.74) is 6.93. The number of hydrogen-bond acceptors (Lipinski definition) is 4. The largest absolute Gasteiger partial charge is 0.439 e. The number of nitrogens with two attached hydrogens (primary N) is 1. The summed E-state index contributed by atoms with van der Waals surface area (Å²) in [4.78, 5) is 6.64. The van der Waals surface area contributed by atoms with Crippen LogP contribution in [0.15, 0.2) is 40.9 Å². The Kier molecular flexibility index (Phi) is 3.85. The lowest BCUT2D eigenvalue weighted by molar-refractivity contribution is 0.197. The van der Waals surface area contributed by atoms with Crippen molar-refractivity contribution in [3.05, 3.63) is 42.4 Å². The first-order valence-corrected chi connectivity index (χ1v) is 7.18. The molecule has 2 N–H and O–H groups in total. The molecule has 0 saturated heterocycles. The molecule has 1 aliphatic rings. The Morgan fingerprint density at radius 2 is 2.10 bits per heavy atom. The van der Waals surface area contributed by atoms with E-state index in [4.69, 9.17) is 10.2 Å².